The summed E-state index contributed by atoms with van der Waals surface area (Å²) in [5.41, 5.74) is 1.32. The van der Waals surface area contributed by atoms with E-state index in [0.29, 0.717) is 5.56 Å². The zero-order valence-corrected chi connectivity index (χ0v) is 13.4. The Bertz CT molecular complexity index is 893. The fourth-order valence-electron chi connectivity index (χ4n) is 2.36. The number of pyridine rings is 1. The predicted octanol–water partition coefficient (Wildman–Crippen LogP) is 4.41. The average molecular weight is 324 g/mol. The van der Waals surface area contributed by atoms with Crippen molar-refractivity contribution in [2.45, 2.75) is 20.0 Å². The Labute approximate surface area is 139 Å². The Hall–Kier alpha value is -2.95. The van der Waals surface area contributed by atoms with Crippen molar-refractivity contribution in [3.63, 3.8) is 0 Å². The minimum atomic E-state index is -0.581. The molecule has 0 radical (unpaired) electrons. The number of carbonyl (C=O) groups excluding carboxylic acids is 1. The molecule has 1 heterocycles. The van der Waals surface area contributed by atoms with E-state index in [1.807, 2.05) is 19.9 Å². The van der Waals surface area contributed by atoms with Crippen molar-refractivity contribution in [1.82, 2.24) is 4.98 Å². The number of carbonyl (C=O) groups is 1. The Kier molecular flexibility index (Phi) is 4.42. The number of nitrogens with one attached hydrogen (secondary N) is 1. The molecule has 3 rings (SSSR count). The molecule has 0 aliphatic rings. The van der Waals surface area contributed by atoms with Crippen molar-refractivity contribution < 1.29 is 13.9 Å². The number of hydrogen-bond donors (Lipinski definition) is 1. The summed E-state index contributed by atoms with van der Waals surface area (Å²) in [6, 6.07) is 13.5. The van der Waals surface area contributed by atoms with Crippen LogP contribution in [0.2, 0.25) is 0 Å². The lowest BCUT2D eigenvalue weighted by Gasteiger charge is -2.13. The maximum atomic E-state index is 14.4. The van der Waals surface area contributed by atoms with Crippen molar-refractivity contribution in [2.24, 2.45) is 0 Å². The maximum Gasteiger partial charge on any atom is 0.255 e. The third-order valence-corrected chi connectivity index (χ3v) is 3.44. The number of aromatic nitrogens is 1. The van der Waals surface area contributed by atoms with Gasteiger partial charge in [-0.05, 0) is 50.2 Å². The van der Waals surface area contributed by atoms with Crippen molar-refractivity contribution in [3.8, 4) is 5.75 Å². The van der Waals surface area contributed by atoms with Gasteiger partial charge in [0.25, 0.3) is 5.91 Å². The molecule has 24 heavy (non-hydrogen) atoms. The number of halogens is 1. The molecular formula is C19H17FN2O2. The number of fused-ring (bicyclic) bond motifs is 1. The third-order valence-electron chi connectivity index (χ3n) is 3.44. The summed E-state index contributed by atoms with van der Waals surface area (Å²) >= 11 is 0. The highest BCUT2D eigenvalue weighted by Crippen LogP contribution is 2.26. The number of amides is 1. The van der Waals surface area contributed by atoms with Crippen LogP contribution >= 0.6 is 0 Å². The predicted molar refractivity (Wildman–Crippen MR) is 91.9 cm³/mol. The Morgan fingerprint density at radius 3 is 2.79 bits per heavy atom. The first-order valence-electron chi connectivity index (χ1n) is 7.66. The van der Waals surface area contributed by atoms with Crippen molar-refractivity contribution in [3.05, 3.63) is 66.1 Å². The molecule has 3 aromatic rings. The van der Waals surface area contributed by atoms with Crippen LogP contribution < -0.4 is 10.1 Å². The molecule has 0 fully saturated rings. The lowest BCUT2D eigenvalue weighted by Crippen LogP contribution is -2.14. The quantitative estimate of drug-likeness (QED) is 0.773. The van der Waals surface area contributed by atoms with Crippen molar-refractivity contribution in [1.29, 1.82) is 0 Å². The lowest BCUT2D eigenvalue weighted by atomic mass is 10.1. The normalized spacial score (nSPS) is 10.8. The molecule has 1 N–H and O–H groups in total. The van der Waals surface area contributed by atoms with E-state index in [9.17, 15) is 9.18 Å². The van der Waals surface area contributed by atoms with Crippen LogP contribution in [0, 0.1) is 5.82 Å². The van der Waals surface area contributed by atoms with E-state index in [1.165, 1.54) is 12.1 Å². The van der Waals surface area contributed by atoms with E-state index in [4.69, 9.17) is 4.74 Å². The van der Waals surface area contributed by atoms with Crippen LogP contribution in [-0.4, -0.2) is 17.0 Å². The zero-order chi connectivity index (χ0) is 17.1. The molecule has 5 heteroatoms. The summed E-state index contributed by atoms with van der Waals surface area (Å²) in [6.07, 6.45) is 1.54. The van der Waals surface area contributed by atoms with Crippen LogP contribution in [0.5, 0.6) is 5.75 Å². The van der Waals surface area contributed by atoms with Crippen LogP contribution in [0.1, 0.15) is 24.2 Å². The van der Waals surface area contributed by atoms with Gasteiger partial charge in [-0.3, -0.25) is 9.78 Å². The summed E-state index contributed by atoms with van der Waals surface area (Å²) in [7, 11) is 0. The number of rotatable bonds is 4. The first-order chi connectivity index (χ1) is 11.5. The van der Waals surface area contributed by atoms with Gasteiger partial charge in [0.15, 0.2) is 11.6 Å². The average Bonchev–Trinajstić information content (AvgIpc) is 2.57. The van der Waals surface area contributed by atoms with Gasteiger partial charge in [-0.15, -0.1) is 0 Å². The first-order valence-corrected chi connectivity index (χ1v) is 7.66. The van der Waals surface area contributed by atoms with E-state index in [0.717, 1.165) is 10.9 Å². The monoisotopic (exact) mass is 324 g/mol. The molecule has 0 spiro atoms. The second kappa shape index (κ2) is 6.66. The van der Waals surface area contributed by atoms with Gasteiger partial charge in [0.1, 0.15) is 0 Å². The molecule has 0 unspecified atom stereocenters. The molecule has 4 nitrogen and oxygen atoms in total. The second-order valence-electron chi connectivity index (χ2n) is 5.65. The number of anilines is 1. The SMILES string of the molecule is CC(C)Oc1cccc(NC(=O)c2ccc3ncccc3c2)c1F. The number of nitrogens with zero attached hydrogens (tertiary/aromatic N) is 1. The highest BCUT2D eigenvalue weighted by atomic mass is 19.1. The largest absolute Gasteiger partial charge is 0.488 e. The molecule has 0 saturated heterocycles. The van der Waals surface area contributed by atoms with Crippen LogP contribution in [0.3, 0.4) is 0 Å². The molecule has 0 saturated carbocycles. The minimum Gasteiger partial charge on any atom is -0.488 e. The van der Waals surface area contributed by atoms with Gasteiger partial charge in [-0.2, -0.15) is 0 Å². The van der Waals surface area contributed by atoms with E-state index >= 15 is 0 Å². The van der Waals surface area contributed by atoms with Gasteiger partial charge in [0, 0.05) is 17.1 Å². The summed E-state index contributed by atoms with van der Waals surface area (Å²) < 4.78 is 19.8. The molecule has 0 aliphatic carbocycles. The lowest BCUT2D eigenvalue weighted by molar-refractivity contribution is 0.102. The summed E-state index contributed by atoms with van der Waals surface area (Å²) in [6.45, 7) is 3.63. The minimum absolute atomic E-state index is 0.0874. The molecule has 0 aliphatic heterocycles. The molecule has 1 aromatic heterocycles. The number of benzene rings is 2. The van der Waals surface area contributed by atoms with Gasteiger partial charge >= 0.3 is 0 Å². The number of hydrogen-bond acceptors (Lipinski definition) is 3. The van der Waals surface area contributed by atoms with Gasteiger partial charge in [-0.1, -0.05) is 12.1 Å². The zero-order valence-electron chi connectivity index (χ0n) is 13.4. The third kappa shape index (κ3) is 3.35. The highest BCUT2D eigenvalue weighted by molar-refractivity contribution is 6.06. The second-order valence-corrected chi connectivity index (χ2v) is 5.65. The van der Waals surface area contributed by atoms with E-state index in [2.05, 4.69) is 10.3 Å². The van der Waals surface area contributed by atoms with E-state index < -0.39 is 5.82 Å². The maximum absolute atomic E-state index is 14.4. The summed E-state index contributed by atoms with van der Waals surface area (Å²) in [5.74, 6) is -0.853. The number of ether oxygens (including phenoxy) is 1. The summed E-state index contributed by atoms with van der Waals surface area (Å²) in [5, 5.41) is 3.44. The standard InChI is InChI=1S/C19H17FN2O2/c1-12(2)24-17-7-3-6-16(18(17)20)22-19(23)14-8-9-15-13(11-14)5-4-10-21-15/h3-12H,1-2H3,(H,22,23). The first kappa shape index (κ1) is 15.9. The highest BCUT2D eigenvalue weighted by Gasteiger charge is 2.14. The van der Waals surface area contributed by atoms with Crippen molar-refractivity contribution in [2.75, 3.05) is 5.32 Å². The summed E-state index contributed by atoms with van der Waals surface area (Å²) in [4.78, 5) is 16.6. The fourth-order valence-corrected chi connectivity index (χ4v) is 2.36. The molecule has 0 bridgehead atoms. The van der Waals surface area contributed by atoms with E-state index in [1.54, 1.807) is 36.5 Å². The molecule has 2 aromatic carbocycles. The topological polar surface area (TPSA) is 51.2 Å². The van der Waals surface area contributed by atoms with Crippen LogP contribution in [0.15, 0.2) is 54.7 Å². The van der Waals surface area contributed by atoms with Crippen LogP contribution in [0.25, 0.3) is 10.9 Å². The van der Waals surface area contributed by atoms with E-state index in [-0.39, 0.29) is 23.4 Å². The molecule has 122 valence electrons. The fraction of sp³-hybridized carbons (Fsp3) is 0.158. The Morgan fingerprint density at radius 1 is 1.17 bits per heavy atom. The smallest absolute Gasteiger partial charge is 0.255 e. The Balaban J connectivity index is 1.86. The van der Waals surface area contributed by atoms with Gasteiger partial charge in [0.05, 0.1) is 17.3 Å². The van der Waals surface area contributed by atoms with Crippen LogP contribution in [-0.2, 0) is 0 Å². The molecule has 0 atom stereocenters. The Morgan fingerprint density at radius 2 is 2.00 bits per heavy atom. The van der Waals surface area contributed by atoms with Crippen molar-refractivity contribution >= 4 is 22.5 Å². The van der Waals surface area contributed by atoms with Gasteiger partial charge in [-0.25, -0.2) is 4.39 Å². The van der Waals surface area contributed by atoms with Gasteiger partial charge < -0.3 is 10.1 Å². The van der Waals surface area contributed by atoms with Crippen LogP contribution in [0.4, 0.5) is 10.1 Å². The van der Waals surface area contributed by atoms with Gasteiger partial charge in [0.2, 0.25) is 0 Å². The molecular weight excluding hydrogens is 307 g/mol. The molecule has 1 amide bonds.